The zero-order chi connectivity index (χ0) is 10.7. The van der Waals surface area contributed by atoms with Crippen LogP contribution < -0.4 is 10.2 Å². The van der Waals surface area contributed by atoms with Crippen LogP contribution >= 0.6 is 0 Å². The van der Waals surface area contributed by atoms with Crippen molar-refractivity contribution in [1.29, 1.82) is 0 Å². The van der Waals surface area contributed by atoms with E-state index < -0.39 is 0 Å². The molecule has 1 aromatic heterocycles. The number of aromatic nitrogens is 1. The minimum atomic E-state index is 0.693. The SMILES string of the molecule is CNC1CCN(c2cccnc2C)CC1. The van der Waals surface area contributed by atoms with Gasteiger partial charge in [0.2, 0.25) is 0 Å². The van der Waals surface area contributed by atoms with Gasteiger partial charge in [0.05, 0.1) is 11.4 Å². The van der Waals surface area contributed by atoms with Gasteiger partial charge in [-0.3, -0.25) is 4.98 Å². The Balaban J connectivity index is 2.04. The molecule has 82 valence electrons. The first-order chi connectivity index (χ1) is 7.31. The third kappa shape index (κ3) is 2.29. The second-order valence-electron chi connectivity index (χ2n) is 4.16. The van der Waals surface area contributed by atoms with E-state index in [4.69, 9.17) is 0 Å². The normalized spacial score (nSPS) is 18.1. The van der Waals surface area contributed by atoms with Gasteiger partial charge in [0.15, 0.2) is 0 Å². The molecule has 2 heterocycles. The third-order valence-corrected chi connectivity index (χ3v) is 3.22. The molecule has 2 rings (SSSR count). The fourth-order valence-corrected chi connectivity index (χ4v) is 2.22. The van der Waals surface area contributed by atoms with Crippen molar-refractivity contribution in [3.63, 3.8) is 0 Å². The van der Waals surface area contributed by atoms with Gasteiger partial charge in [-0.2, -0.15) is 0 Å². The van der Waals surface area contributed by atoms with E-state index >= 15 is 0 Å². The molecule has 3 nitrogen and oxygen atoms in total. The Labute approximate surface area is 91.5 Å². The first-order valence-electron chi connectivity index (χ1n) is 5.65. The van der Waals surface area contributed by atoms with Crippen molar-refractivity contribution in [3.05, 3.63) is 24.0 Å². The molecular formula is C12H19N3. The van der Waals surface area contributed by atoms with Gasteiger partial charge in [0.1, 0.15) is 0 Å². The Morgan fingerprint density at radius 2 is 2.13 bits per heavy atom. The van der Waals surface area contributed by atoms with Crippen molar-refractivity contribution in [1.82, 2.24) is 10.3 Å². The average molecular weight is 205 g/mol. The molecule has 0 aliphatic carbocycles. The van der Waals surface area contributed by atoms with Crippen LogP contribution in [0, 0.1) is 6.92 Å². The van der Waals surface area contributed by atoms with E-state index in [1.165, 1.54) is 18.5 Å². The van der Waals surface area contributed by atoms with E-state index in [0.29, 0.717) is 6.04 Å². The summed E-state index contributed by atoms with van der Waals surface area (Å²) in [4.78, 5) is 6.78. The maximum Gasteiger partial charge on any atom is 0.0605 e. The van der Waals surface area contributed by atoms with Gasteiger partial charge in [-0.25, -0.2) is 0 Å². The molecule has 0 saturated carbocycles. The van der Waals surface area contributed by atoms with Gasteiger partial charge in [-0.05, 0) is 38.9 Å². The molecule has 0 spiro atoms. The van der Waals surface area contributed by atoms with Crippen molar-refractivity contribution in [2.45, 2.75) is 25.8 Å². The zero-order valence-electron chi connectivity index (χ0n) is 9.53. The number of aryl methyl sites for hydroxylation is 1. The van der Waals surface area contributed by atoms with Gasteiger partial charge in [-0.15, -0.1) is 0 Å². The van der Waals surface area contributed by atoms with Crippen LogP contribution in [0.4, 0.5) is 5.69 Å². The van der Waals surface area contributed by atoms with E-state index in [0.717, 1.165) is 18.8 Å². The van der Waals surface area contributed by atoms with Crippen LogP contribution in [0.2, 0.25) is 0 Å². The molecular weight excluding hydrogens is 186 g/mol. The van der Waals surface area contributed by atoms with Crippen LogP contribution in [0.1, 0.15) is 18.5 Å². The summed E-state index contributed by atoms with van der Waals surface area (Å²) < 4.78 is 0. The highest BCUT2D eigenvalue weighted by Gasteiger charge is 2.18. The summed E-state index contributed by atoms with van der Waals surface area (Å²) in [6.07, 6.45) is 4.31. The first-order valence-corrected chi connectivity index (χ1v) is 5.65. The smallest absolute Gasteiger partial charge is 0.0605 e. The lowest BCUT2D eigenvalue weighted by Gasteiger charge is -2.33. The lowest BCUT2D eigenvalue weighted by molar-refractivity contribution is 0.442. The lowest BCUT2D eigenvalue weighted by Crippen LogP contribution is -2.41. The van der Waals surface area contributed by atoms with Gasteiger partial charge in [0, 0.05) is 25.3 Å². The topological polar surface area (TPSA) is 28.2 Å². The molecule has 1 saturated heterocycles. The maximum absolute atomic E-state index is 4.34. The van der Waals surface area contributed by atoms with Gasteiger partial charge < -0.3 is 10.2 Å². The number of piperidine rings is 1. The summed E-state index contributed by atoms with van der Waals surface area (Å²) >= 11 is 0. The van der Waals surface area contributed by atoms with Crippen LogP contribution in [-0.2, 0) is 0 Å². The minimum Gasteiger partial charge on any atom is -0.370 e. The van der Waals surface area contributed by atoms with E-state index in [9.17, 15) is 0 Å². The number of hydrogen-bond donors (Lipinski definition) is 1. The number of nitrogens with one attached hydrogen (secondary N) is 1. The summed E-state index contributed by atoms with van der Waals surface area (Å²) in [5, 5.41) is 3.35. The molecule has 0 radical (unpaired) electrons. The molecule has 0 aromatic carbocycles. The molecule has 1 fully saturated rings. The van der Waals surface area contributed by atoms with Crippen LogP contribution in [0.15, 0.2) is 18.3 Å². The van der Waals surface area contributed by atoms with Gasteiger partial charge in [0.25, 0.3) is 0 Å². The Kier molecular flexibility index (Phi) is 3.21. The van der Waals surface area contributed by atoms with Crippen LogP contribution in [0.3, 0.4) is 0 Å². The number of pyridine rings is 1. The average Bonchev–Trinajstić information content (AvgIpc) is 2.30. The standard InChI is InChI=1S/C12H19N3/c1-10-12(4-3-7-14-10)15-8-5-11(13-2)6-9-15/h3-4,7,11,13H,5-6,8-9H2,1-2H3. The largest absolute Gasteiger partial charge is 0.370 e. The highest BCUT2D eigenvalue weighted by Crippen LogP contribution is 2.21. The molecule has 3 heteroatoms. The Hall–Kier alpha value is -1.09. The number of nitrogens with zero attached hydrogens (tertiary/aromatic N) is 2. The van der Waals surface area contributed by atoms with Gasteiger partial charge in [-0.1, -0.05) is 0 Å². The molecule has 0 atom stereocenters. The first kappa shape index (κ1) is 10.4. The summed E-state index contributed by atoms with van der Waals surface area (Å²) in [6.45, 7) is 4.36. The fraction of sp³-hybridized carbons (Fsp3) is 0.583. The fourth-order valence-electron chi connectivity index (χ4n) is 2.22. The maximum atomic E-state index is 4.34. The predicted molar refractivity (Wildman–Crippen MR) is 63.3 cm³/mol. The quantitative estimate of drug-likeness (QED) is 0.794. The summed E-state index contributed by atoms with van der Waals surface area (Å²) in [7, 11) is 2.05. The third-order valence-electron chi connectivity index (χ3n) is 3.22. The van der Waals surface area contributed by atoms with Crippen molar-refractivity contribution >= 4 is 5.69 Å². The van der Waals surface area contributed by atoms with Gasteiger partial charge >= 0.3 is 0 Å². The number of rotatable bonds is 2. The minimum absolute atomic E-state index is 0.693. The van der Waals surface area contributed by atoms with Crippen LogP contribution in [-0.4, -0.2) is 31.2 Å². The van der Waals surface area contributed by atoms with E-state index in [1.54, 1.807) is 0 Å². The van der Waals surface area contributed by atoms with E-state index in [-0.39, 0.29) is 0 Å². The molecule has 1 aliphatic rings. The van der Waals surface area contributed by atoms with Crippen molar-refractivity contribution in [3.8, 4) is 0 Å². The second-order valence-corrected chi connectivity index (χ2v) is 4.16. The highest BCUT2D eigenvalue weighted by atomic mass is 15.2. The summed E-state index contributed by atoms with van der Waals surface area (Å²) in [5.41, 5.74) is 2.44. The lowest BCUT2D eigenvalue weighted by atomic mass is 10.0. The molecule has 15 heavy (non-hydrogen) atoms. The molecule has 0 unspecified atom stereocenters. The Morgan fingerprint density at radius 3 is 2.73 bits per heavy atom. The predicted octanol–water partition coefficient (Wildman–Crippen LogP) is 1.58. The molecule has 0 bridgehead atoms. The number of hydrogen-bond acceptors (Lipinski definition) is 3. The Morgan fingerprint density at radius 1 is 1.40 bits per heavy atom. The van der Waals surface area contributed by atoms with Crippen molar-refractivity contribution in [2.75, 3.05) is 25.0 Å². The molecule has 1 aliphatic heterocycles. The summed E-state index contributed by atoms with van der Waals surface area (Å²) in [5.74, 6) is 0. The molecule has 1 aromatic rings. The van der Waals surface area contributed by atoms with Crippen molar-refractivity contribution in [2.24, 2.45) is 0 Å². The Bertz CT molecular complexity index is 316. The van der Waals surface area contributed by atoms with Crippen LogP contribution in [0.25, 0.3) is 0 Å². The second kappa shape index (κ2) is 4.62. The summed E-state index contributed by atoms with van der Waals surface area (Å²) in [6, 6.07) is 4.88. The van der Waals surface area contributed by atoms with E-state index in [2.05, 4.69) is 35.2 Å². The highest BCUT2D eigenvalue weighted by molar-refractivity contribution is 5.50. The monoisotopic (exact) mass is 205 g/mol. The van der Waals surface area contributed by atoms with Crippen molar-refractivity contribution < 1.29 is 0 Å². The number of anilines is 1. The molecule has 0 amide bonds. The molecule has 1 N–H and O–H groups in total. The van der Waals surface area contributed by atoms with E-state index in [1.807, 2.05) is 12.3 Å². The zero-order valence-corrected chi connectivity index (χ0v) is 9.53. The van der Waals surface area contributed by atoms with Crippen LogP contribution in [0.5, 0.6) is 0 Å².